The zero-order valence-electron chi connectivity index (χ0n) is 16.8. The quantitative estimate of drug-likeness (QED) is 0.298. The van der Waals surface area contributed by atoms with E-state index in [9.17, 15) is 8.78 Å². The van der Waals surface area contributed by atoms with Crippen LogP contribution in [0.5, 0.6) is 0 Å². The van der Waals surface area contributed by atoms with Crippen molar-refractivity contribution >= 4 is 11.3 Å². The summed E-state index contributed by atoms with van der Waals surface area (Å²) < 4.78 is 26.9. The standard InChI is InChI=1S/C27H16F2N2S/c28-21-11-7-19(8-12-21)25-26(20-9-13-22(29)14-10-20)31-27(30-25)24-17-16-23(32-24)15-6-18-4-2-1-3-5-18/h1-5,7-14,16-17H,(H,30,31). The number of nitrogens with zero attached hydrogens (tertiary/aromatic N) is 1. The van der Waals surface area contributed by atoms with E-state index in [0.717, 1.165) is 32.1 Å². The van der Waals surface area contributed by atoms with Gasteiger partial charge in [0, 0.05) is 16.7 Å². The fourth-order valence-electron chi connectivity index (χ4n) is 3.32. The summed E-state index contributed by atoms with van der Waals surface area (Å²) >= 11 is 1.54. The summed E-state index contributed by atoms with van der Waals surface area (Å²) in [4.78, 5) is 10.0. The van der Waals surface area contributed by atoms with Gasteiger partial charge in [0.1, 0.15) is 17.5 Å². The lowest BCUT2D eigenvalue weighted by molar-refractivity contribution is 0.627. The van der Waals surface area contributed by atoms with Gasteiger partial charge in [0.25, 0.3) is 0 Å². The Balaban J connectivity index is 1.55. The summed E-state index contributed by atoms with van der Waals surface area (Å²) in [6.45, 7) is 0. The first kappa shape index (κ1) is 19.9. The first-order valence-corrected chi connectivity index (χ1v) is 10.8. The van der Waals surface area contributed by atoms with E-state index in [2.05, 4.69) is 16.8 Å². The van der Waals surface area contributed by atoms with Gasteiger partial charge in [0.2, 0.25) is 0 Å². The molecule has 3 aromatic carbocycles. The number of hydrogen-bond donors (Lipinski definition) is 1. The van der Waals surface area contributed by atoms with Crippen LogP contribution in [0.15, 0.2) is 91.0 Å². The second-order valence-electron chi connectivity index (χ2n) is 7.10. The summed E-state index contributed by atoms with van der Waals surface area (Å²) in [6.07, 6.45) is 0. The molecule has 0 amide bonds. The maximum Gasteiger partial charge on any atom is 0.148 e. The van der Waals surface area contributed by atoms with Gasteiger partial charge in [-0.05, 0) is 72.8 Å². The molecule has 0 bridgehead atoms. The Hall–Kier alpha value is -4.01. The number of hydrogen-bond acceptors (Lipinski definition) is 2. The van der Waals surface area contributed by atoms with Crippen LogP contribution in [0.1, 0.15) is 10.4 Å². The van der Waals surface area contributed by atoms with E-state index in [1.54, 1.807) is 24.3 Å². The van der Waals surface area contributed by atoms with Crippen LogP contribution in [0.4, 0.5) is 8.78 Å². The maximum absolute atomic E-state index is 13.5. The zero-order chi connectivity index (χ0) is 21.9. The van der Waals surface area contributed by atoms with Gasteiger partial charge in [0.05, 0.1) is 21.1 Å². The lowest BCUT2D eigenvalue weighted by Gasteiger charge is -2.03. The Morgan fingerprint density at radius 1 is 0.688 bits per heavy atom. The topological polar surface area (TPSA) is 28.7 Å². The minimum Gasteiger partial charge on any atom is -0.337 e. The van der Waals surface area contributed by atoms with Crippen molar-refractivity contribution in [3.8, 4) is 45.1 Å². The average Bonchev–Trinajstić information content (AvgIpc) is 3.47. The first-order chi connectivity index (χ1) is 15.7. The van der Waals surface area contributed by atoms with Crippen molar-refractivity contribution in [2.24, 2.45) is 0 Å². The molecular formula is C27H16F2N2S. The lowest BCUT2D eigenvalue weighted by Crippen LogP contribution is -1.85. The molecular weight excluding hydrogens is 422 g/mol. The van der Waals surface area contributed by atoms with E-state index < -0.39 is 0 Å². The Bertz CT molecular complexity index is 1360. The molecule has 5 rings (SSSR count). The van der Waals surface area contributed by atoms with Crippen LogP contribution in [0.2, 0.25) is 0 Å². The van der Waals surface area contributed by atoms with Crippen LogP contribution in [0, 0.1) is 23.5 Å². The molecule has 154 valence electrons. The number of halogens is 2. The highest BCUT2D eigenvalue weighted by Crippen LogP contribution is 2.35. The summed E-state index contributed by atoms with van der Waals surface area (Å²) in [5.41, 5.74) is 3.95. The molecule has 0 saturated heterocycles. The van der Waals surface area contributed by atoms with E-state index >= 15 is 0 Å². The molecule has 2 heterocycles. The summed E-state index contributed by atoms with van der Waals surface area (Å²) in [5, 5.41) is 0. The Morgan fingerprint density at radius 3 is 2.03 bits per heavy atom. The van der Waals surface area contributed by atoms with Gasteiger partial charge < -0.3 is 4.98 Å². The zero-order valence-corrected chi connectivity index (χ0v) is 17.6. The van der Waals surface area contributed by atoms with Gasteiger partial charge in [0.15, 0.2) is 0 Å². The number of H-pyrrole nitrogens is 1. The third-order valence-electron chi connectivity index (χ3n) is 4.90. The Morgan fingerprint density at radius 2 is 1.34 bits per heavy atom. The van der Waals surface area contributed by atoms with E-state index in [1.807, 2.05) is 42.5 Å². The van der Waals surface area contributed by atoms with Crippen LogP contribution in [-0.4, -0.2) is 9.97 Å². The van der Waals surface area contributed by atoms with Crippen molar-refractivity contribution in [3.05, 3.63) is 113 Å². The van der Waals surface area contributed by atoms with Crippen LogP contribution >= 0.6 is 11.3 Å². The largest absolute Gasteiger partial charge is 0.337 e. The Labute approximate surface area is 188 Å². The molecule has 5 heteroatoms. The number of imidazole rings is 1. The highest BCUT2D eigenvalue weighted by Gasteiger charge is 2.16. The predicted octanol–water partition coefficient (Wildman–Crippen LogP) is 7.15. The van der Waals surface area contributed by atoms with E-state index in [-0.39, 0.29) is 11.6 Å². The molecule has 0 spiro atoms. The molecule has 0 aliphatic carbocycles. The minimum absolute atomic E-state index is 0.309. The number of benzene rings is 3. The molecule has 0 atom stereocenters. The van der Waals surface area contributed by atoms with Gasteiger partial charge in [-0.25, -0.2) is 13.8 Å². The van der Waals surface area contributed by atoms with Crippen LogP contribution in [0.25, 0.3) is 33.2 Å². The molecule has 0 unspecified atom stereocenters. The first-order valence-electron chi connectivity index (χ1n) is 9.95. The van der Waals surface area contributed by atoms with E-state index in [0.29, 0.717) is 11.5 Å². The number of aromatic nitrogens is 2. The van der Waals surface area contributed by atoms with Crippen molar-refractivity contribution in [1.29, 1.82) is 0 Å². The fourth-order valence-corrected chi connectivity index (χ4v) is 4.12. The fraction of sp³-hybridized carbons (Fsp3) is 0. The SMILES string of the molecule is Fc1ccc(-c2nc(-c3ccc(C#Cc4ccccc4)s3)[nH]c2-c2ccc(F)cc2)cc1. The average molecular weight is 439 g/mol. The minimum atomic E-state index is -0.312. The van der Waals surface area contributed by atoms with Crippen molar-refractivity contribution in [3.63, 3.8) is 0 Å². The van der Waals surface area contributed by atoms with Crippen molar-refractivity contribution < 1.29 is 8.78 Å². The highest BCUT2D eigenvalue weighted by molar-refractivity contribution is 7.15. The maximum atomic E-state index is 13.5. The summed E-state index contributed by atoms with van der Waals surface area (Å²) in [6, 6.07) is 26.2. The molecule has 5 aromatic rings. The number of thiophene rings is 1. The molecule has 0 fully saturated rings. The molecule has 0 aliphatic rings. The van der Waals surface area contributed by atoms with Gasteiger partial charge >= 0.3 is 0 Å². The summed E-state index contributed by atoms with van der Waals surface area (Å²) in [5.74, 6) is 6.42. The predicted molar refractivity (Wildman–Crippen MR) is 125 cm³/mol. The molecule has 0 saturated carbocycles. The number of aromatic amines is 1. The third-order valence-corrected chi connectivity index (χ3v) is 5.90. The van der Waals surface area contributed by atoms with Crippen molar-refractivity contribution in [1.82, 2.24) is 9.97 Å². The number of rotatable bonds is 3. The van der Waals surface area contributed by atoms with Crippen molar-refractivity contribution in [2.45, 2.75) is 0 Å². The second-order valence-corrected chi connectivity index (χ2v) is 8.19. The summed E-state index contributed by atoms with van der Waals surface area (Å²) in [7, 11) is 0. The highest BCUT2D eigenvalue weighted by atomic mass is 32.1. The second kappa shape index (κ2) is 8.62. The van der Waals surface area contributed by atoms with Crippen LogP contribution in [-0.2, 0) is 0 Å². The lowest BCUT2D eigenvalue weighted by atomic mass is 10.1. The van der Waals surface area contributed by atoms with E-state index in [4.69, 9.17) is 4.98 Å². The smallest absolute Gasteiger partial charge is 0.148 e. The molecule has 2 nitrogen and oxygen atoms in total. The van der Waals surface area contributed by atoms with Gasteiger partial charge in [-0.15, -0.1) is 11.3 Å². The molecule has 1 N–H and O–H groups in total. The van der Waals surface area contributed by atoms with Crippen LogP contribution < -0.4 is 0 Å². The normalized spacial score (nSPS) is 10.6. The van der Waals surface area contributed by atoms with Gasteiger partial charge in [-0.1, -0.05) is 30.0 Å². The molecule has 0 aliphatic heterocycles. The Kier molecular flexibility index (Phi) is 5.37. The number of nitrogens with one attached hydrogen (secondary N) is 1. The van der Waals surface area contributed by atoms with Crippen LogP contribution in [0.3, 0.4) is 0 Å². The van der Waals surface area contributed by atoms with E-state index in [1.165, 1.54) is 35.6 Å². The molecule has 32 heavy (non-hydrogen) atoms. The van der Waals surface area contributed by atoms with Gasteiger partial charge in [-0.2, -0.15) is 0 Å². The third kappa shape index (κ3) is 4.22. The van der Waals surface area contributed by atoms with Gasteiger partial charge in [-0.3, -0.25) is 0 Å². The molecule has 0 radical (unpaired) electrons. The molecule has 2 aromatic heterocycles. The monoisotopic (exact) mass is 438 g/mol. The van der Waals surface area contributed by atoms with Crippen molar-refractivity contribution in [2.75, 3.05) is 0 Å².